The molecule has 0 amide bonds. The number of allylic oxidation sites excluding steroid dienone is 1. The van der Waals surface area contributed by atoms with E-state index in [9.17, 15) is 23.2 Å². The van der Waals surface area contributed by atoms with Crippen LogP contribution in [0.25, 0.3) is 6.08 Å². The van der Waals surface area contributed by atoms with Crippen LogP contribution >= 0.6 is 0 Å². The molecule has 0 bridgehead atoms. The van der Waals surface area contributed by atoms with E-state index in [1.54, 1.807) is 24.4 Å². The topological polar surface area (TPSA) is 58.7 Å². The summed E-state index contributed by atoms with van der Waals surface area (Å²) in [6, 6.07) is 6.50. The second-order valence-corrected chi connectivity index (χ2v) is 5.27. The van der Waals surface area contributed by atoms with Crippen molar-refractivity contribution in [3.05, 3.63) is 58.7 Å². The third-order valence-corrected chi connectivity index (χ3v) is 3.52. The van der Waals surface area contributed by atoms with Gasteiger partial charge in [0, 0.05) is 29.3 Å². The normalized spacial score (nSPS) is 12.1. The predicted octanol–water partition coefficient (Wildman–Crippen LogP) is 3.85. The highest BCUT2D eigenvalue weighted by Crippen LogP contribution is 2.24. The van der Waals surface area contributed by atoms with Gasteiger partial charge in [-0.2, -0.15) is 18.4 Å². The van der Waals surface area contributed by atoms with Crippen LogP contribution in [0, 0.1) is 25.2 Å². The predicted molar refractivity (Wildman–Crippen MR) is 82.1 cm³/mol. The summed E-state index contributed by atoms with van der Waals surface area (Å²) in [6.45, 7) is 1.75. The van der Waals surface area contributed by atoms with Gasteiger partial charge in [-0.05, 0) is 37.6 Å². The average molecular weight is 333 g/mol. The maximum atomic E-state index is 12.6. The minimum absolute atomic E-state index is 0.0911. The van der Waals surface area contributed by atoms with Crippen LogP contribution < -0.4 is 0 Å². The summed E-state index contributed by atoms with van der Waals surface area (Å²) in [5.41, 5.74) is 0.990. The van der Waals surface area contributed by atoms with E-state index in [0.717, 1.165) is 4.57 Å². The van der Waals surface area contributed by atoms with E-state index in [0.29, 0.717) is 11.3 Å². The van der Waals surface area contributed by atoms with E-state index >= 15 is 0 Å². The molecule has 0 aliphatic rings. The van der Waals surface area contributed by atoms with Gasteiger partial charge in [-0.25, -0.2) is 0 Å². The first-order valence-electron chi connectivity index (χ1n) is 7.03. The molecule has 0 radical (unpaired) electrons. The highest BCUT2D eigenvalue weighted by atomic mass is 19.4. The number of alkyl halides is 3. The Hall–Kier alpha value is -2.88. The molecule has 24 heavy (non-hydrogen) atoms. The maximum absolute atomic E-state index is 12.6. The molecule has 2 aromatic rings. The third-order valence-electron chi connectivity index (χ3n) is 3.52. The second kappa shape index (κ2) is 6.71. The first-order chi connectivity index (χ1) is 11.2. The number of carbonyl (C=O) groups is 1. The summed E-state index contributed by atoms with van der Waals surface area (Å²) in [7, 11) is 0. The van der Waals surface area contributed by atoms with E-state index in [1.807, 2.05) is 0 Å². The van der Waals surface area contributed by atoms with Crippen LogP contribution in [0.2, 0.25) is 0 Å². The van der Waals surface area contributed by atoms with Gasteiger partial charge in [0.2, 0.25) is 5.78 Å². The summed E-state index contributed by atoms with van der Waals surface area (Å²) in [5.74, 6) is -0.608. The molecular weight excluding hydrogens is 319 g/mol. The van der Waals surface area contributed by atoms with Crippen molar-refractivity contribution >= 4 is 11.9 Å². The molecule has 7 heteroatoms. The van der Waals surface area contributed by atoms with Crippen molar-refractivity contribution in [2.45, 2.75) is 26.6 Å². The zero-order chi connectivity index (χ0) is 17.9. The Kier molecular flexibility index (Phi) is 4.88. The Balaban J connectivity index is 2.41. The molecule has 2 rings (SSSR count). The molecule has 2 heterocycles. The fourth-order valence-electron chi connectivity index (χ4n) is 2.38. The van der Waals surface area contributed by atoms with Crippen LogP contribution in [0.3, 0.4) is 0 Å². The molecule has 0 saturated carbocycles. The summed E-state index contributed by atoms with van der Waals surface area (Å²) in [4.78, 5) is 16.4. The monoisotopic (exact) mass is 333 g/mol. The number of aryl methyl sites for hydroxylation is 1. The molecule has 0 unspecified atom stereocenters. The Morgan fingerprint density at radius 3 is 2.67 bits per heavy atom. The number of nitrogens with zero attached hydrogens (tertiary/aromatic N) is 3. The third kappa shape index (κ3) is 3.90. The number of aromatic nitrogens is 2. The lowest BCUT2D eigenvalue weighted by Gasteiger charge is -2.12. The van der Waals surface area contributed by atoms with Gasteiger partial charge in [0.15, 0.2) is 0 Å². The largest absolute Gasteiger partial charge is 0.406 e. The zero-order valence-corrected chi connectivity index (χ0v) is 13.1. The maximum Gasteiger partial charge on any atom is 0.406 e. The zero-order valence-electron chi connectivity index (χ0n) is 13.1. The molecular formula is C17H14F3N3O. The van der Waals surface area contributed by atoms with Crippen LogP contribution in [0.5, 0.6) is 0 Å². The van der Waals surface area contributed by atoms with Gasteiger partial charge in [-0.1, -0.05) is 6.07 Å². The van der Waals surface area contributed by atoms with Crippen molar-refractivity contribution in [1.29, 1.82) is 5.26 Å². The van der Waals surface area contributed by atoms with Crippen molar-refractivity contribution < 1.29 is 18.0 Å². The Bertz CT molecular complexity index is 827. The van der Waals surface area contributed by atoms with E-state index in [2.05, 4.69) is 4.98 Å². The summed E-state index contributed by atoms with van der Waals surface area (Å²) >= 11 is 0. The number of ketones is 1. The van der Waals surface area contributed by atoms with E-state index in [-0.39, 0.29) is 16.8 Å². The first kappa shape index (κ1) is 17.5. The van der Waals surface area contributed by atoms with Crippen LogP contribution in [0.15, 0.2) is 36.2 Å². The Labute approximate surface area is 136 Å². The lowest BCUT2D eigenvalue weighted by Crippen LogP contribution is -2.19. The minimum atomic E-state index is -4.39. The fraction of sp³-hybridized carbons (Fsp3) is 0.235. The van der Waals surface area contributed by atoms with Gasteiger partial charge in [-0.3, -0.25) is 9.78 Å². The number of nitriles is 1. The number of hydrogen-bond donors (Lipinski definition) is 0. The number of pyridine rings is 1. The van der Waals surface area contributed by atoms with Crippen molar-refractivity contribution in [2.24, 2.45) is 0 Å². The van der Waals surface area contributed by atoms with Gasteiger partial charge in [0.05, 0.1) is 0 Å². The Morgan fingerprint density at radius 1 is 1.42 bits per heavy atom. The molecule has 0 spiro atoms. The van der Waals surface area contributed by atoms with Crippen LogP contribution in [0.4, 0.5) is 13.2 Å². The smallest absolute Gasteiger partial charge is 0.339 e. The number of halogens is 3. The molecule has 0 aromatic carbocycles. The van der Waals surface area contributed by atoms with E-state index in [4.69, 9.17) is 0 Å². The molecule has 124 valence electrons. The molecule has 0 fully saturated rings. The number of hydrogen-bond acceptors (Lipinski definition) is 3. The van der Waals surface area contributed by atoms with Gasteiger partial charge >= 0.3 is 6.18 Å². The van der Waals surface area contributed by atoms with Crippen LogP contribution in [0.1, 0.15) is 27.3 Å². The minimum Gasteiger partial charge on any atom is -0.339 e. The molecule has 2 aromatic heterocycles. The fourth-order valence-corrected chi connectivity index (χ4v) is 2.38. The number of carbonyl (C=O) groups excluding carboxylic acids is 1. The van der Waals surface area contributed by atoms with Crippen molar-refractivity contribution in [2.75, 3.05) is 0 Å². The molecule has 0 aliphatic heterocycles. The highest BCUT2D eigenvalue weighted by molar-refractivity contribution is 6.14. The quantitative estimate of drug-likeness (QED) is 0.485. The van der Waals surface area contributed by atoms with Gasteiger partial charge in [0.1, 0.15) is 18.2 Å². The van der Waals surface area contributed by atoms with E-state index < -0.39 is 18.5 Å². The van der Waals surface area contributed by atoms with Crippen molar-refractivity contribution in [3.63, 3.8) is 0 Å². The summed E-state index contributed by atoms with van der Waals surface area (Å²) < 4.78 is 39.0. The molecule has 4 nitrogen and oxygen atoms in total. The molecule has 0 atom stereocenters. The van der Waals surface area contributed by atoms with Gasteiger partial charge in [-0.15, -0.1) is 0 Å². The van der Waals surface area contributed by atoms with Crippen molar-refractivity contribution in [1.82, 2.24) is 9.55 Å². The standard InChI is InChI=1S/C17H14F3N3O/c1-11-6-15(12(2)23(11)10-17(18,19)20)16(24)14(8-21)7-13-4-3-5-22-9-13/h3-7,9H,10H2,1-2H3/b14-7+. The average Bonchev–Trinajstić information content (AvgIpc) is 2.79. The van der Waals surface area contributed by atoms with Crippen LogP contribution in [-0.4, -0.2) is 21.5 Å². The number of Topliss-reactive ketones (excluding diaryl/α,β-unsaturated/α-hetero) is 1. The van der Waals surface area contributed by atoms with Gasteiger partial charge < -0.3 is 4.57 Å². The second-order valence-electron chi connectivity index (χ2n) is 5.27. The van der Waals surface area contributed by atoms with Crippen molar-refractivity contribution in [3.8, 4) is 6.07 Å². The Morgan fingerprint density at radius 2 is 2.12 bits per heavy atom. The lowest BCUT2D eigenvalue weighted by atomic mass is 10.0. The van der Waals surface area contributed by atoms with Gasteiger partial charge in [0.25, 0.3) is 0 Å². The lowest BCUT2D eigenvalue weighted by molar-refractivity contribution is -0.141. The summed E-state index contributed by atoms with van der Waals surface area (Å²) in [6.07, 6.45) is 0.0111. The molecule has 0 saturated heterocycles. The molecule has 0 aliphatic carbocycles. The SMILES string of the molecule is Cc1cc(C(=O)/C(C#N)=C/c2cccnc2)c(C)n1CC(F)(F)F. The first-order valence-corrected chi connectivity index (χ1v) is 7.03. The molecule has 0 N–H and O–H groups in total. The summed E-state index contributed by atoms with van der Waals surface area (Å²) in [5, 5.41) is 9.23. The number of rotatable bonds is 4. The highest BCUT2D eigenvalue weighted by Gasteiger charge is 2.30. The van der Waals surface area contributed by atoms with Crippen LogP contribution in [-0.2, 0) is 6.54 Å². The van der Waals surface area contributed by atoms with E-state index in [1.165, 1.54) is 32.2 Å².